The molecule has 10 heteroatoms. The van der Waals surface area contributed by atoms with Crippen LogP contribution in [0.3, 0.4) is 0 Å². The first-order chi connectivity index (χ1) is 16.8. The molecule has 0 aliphatic carbocycles. The van der Waals surface area contributed by atoms with E-state index in [2.05, 4.69) is 22.1 Å². The summed E-state index contributed by atoms with van der Waals surface area (Å²) in [6.45, 7) is 4.28. The minimum Gasteiger partial charge on any atom is -0.461 e. The van der Waals surface area contributed by atoms with Gasteiger partial charge in [0.05, 0.1) is 11.8 Å². The number of halogens is 3. The van der Waals surface area contributed by atoms with Crippen LogP contribution in [0.1, 0.15) is 27.0 Å². The summed E-state index contributed by atoms with van der Waals surface area (Å²) in [5, 5.41) is 11.8. The average Bonchev–Trinajstić information content (AvgIpc) is 3.51. The molecule has 0 saturated carbocycles. The molecule has 2 heterocycles. The van der Waals surface area contributed by atoms with Gasteiger partial charge < -0.3 is 9.73 Å². The van der Waals surface area contributed by atoms with E-state index in [4.69, 9.17) is 4.42 Å². The molecule has 0 saturated heterocycles. The smallest absolute Gasteiger partial charge is 0.416 e. The summed E-state index contributed by atoms with van der Waals surface area (Å²) in [7, 11) is 0. The molecule has 4 rings (SSSR count). The zero-order valence-corrected chi connectivity index (χ0v) is 19.3. The van der Waals surface area contributed by atoms with Crippen LogP contribution in [-0.2, 0) is 25.0 Å². The van der Waals surface area contributed by atoms with Crippen molar-refractivity contribution in [3.63, 3.8) is 0 Å². The topological polar surface area (TPSA) is 73.0 Å². The van der Waals surface area contributed by atoms with Crippen molar-refractivity contribution in [2.24, 2.45) is 0 Å². The quantitative estimate of drug-likeness (QED) is 0.228. The van der Waals surface area contributed by atoms with E-state index in [1.807, 2.05) is 10.6 Å². The summed E-state index contributed by atoms with van der Waals surface area (Å²) in [6, 6.07) is 15.5. The highest BCUT2D eigenvalue weighted by Gasteiger charge is 2.30. The number of carbonyl (C=O) groups is 1. The number of carbonyl (C=O) groups excluding carboxylic acids is 1. The Balaban J connectivity index is 1.41. The fourth-order valence-corrected chi connectivity index (χ4v) is 4.26. The van der Waals surface area contributed by atoms with Gasteiger partial charge in [-0.1, -0.05) is 42.1 Å². The molecular formula is C25H21F3N4O2S. The van der Waals surface area contributed by atoms with Crippen LogP contribution in [0.4, 0.5) is 13.2 Å². The van der Waals surface area contributed by atoms with Gasteiger partial charge in [-0.3, -0.25) is 9.36 Å². The molecule has 1 amide bonds. The molecule has 0 atom stereocenters. The monoisotopic (exact) mass is 498 g/mol. The second-order valence-corrected chi connectivity index (χ2v) is 8.50. The molecule has 0 spiro atoms. The molecule has 2 aromatic heterocycles. The lowest BCUT2D eigenvalue weighted by molar-refractivity contribution is -0.137. The highest BCUT2D eigenvalue weighted by molar-refractivity contribution is 7.98. The number of amides is 1. The molecule has 1 N–H and O–H groups in total. The molecule has 0 unspecified atom stereocenters. The lowest BCUT2D eigenvalue weighted by Gasteiger charge is -2.10. The van der Waals surface area contributed by atoms with Gasteiger partial charge in [0.1, 0.15) is 0 Å². The number of alkyl halides is 3. The summed E-state index contributed by atoms with van der Waals surface area (Å²) < 4.78 is 46.0. The Labute approximate surface area is 203 Å². The Morgan fingerprint density at radius 3 is 2.63 bits per heavy atom. The maximum atomic E-state index is 12.9. The van der Waals surface area contributed by atoms with E-state index < -0.39 is 11.7 Å². The molecular weight excluding hydrogens is 477 g/mol. The molecule has 35 heavy (non-hydrogen) atoms. The molecule has 0 bridgehead atoms. The van der Waals surface area contributed by atoms with Gasteiger partial charge in [-0.2, -0.15) is 13.2 Å². The fourth-order valence-electron chi connectivity index (χ4n) is 3.37. The van der Waals surface area contributed by atoms with Gasteiger partial charge in [0.15, 0.2) is 10.9 Å². The molecule has 0 radical (unpaired) electrons. The Bertz CT molecular complexity index is 1320. The van der Waals surface area contributed by atoms with Crippen LogP contribution in [0, 0.1) is 0 Å². The van der Waals surface area contributed by atoms with Crippen molar-refractivity contribution in [3.8, 4) is 11.6 Å². The zero-order chi connectivity index (χ0) is 24.8. The second-order valence-electron chi connectivity index (χ2n) is 7.55. The predicted octanol–water partition coefficient (Wildman–Crippen LogP) is 5.97. The number of hydrogen-bond donors (Lipinski definition) is 1. The van der Waals surface area contributed by atoms with E-state index in [0.717, 1.165) is 17.7 Å². The zero-order valence-electron chi connectivity index (χ0n) is 18.5. The molecule has 0 fully saturated rings. The maximum Gasteiger partial charge on any atom is 0.416 e. The van der Waals surface area contributed by atoms with Crippen LogP contribution in [0.5, 0.6) is 0 Å². The standard InChI is InChI=1S/C25H21F3N4O2S/c1-2-11-32-22(21-10-5-12-34-21)30-31-24(32)35-16-18-7-3-8-19(13-18)23(33)29-15-17-6-4-9-20(14-17)25(26,27)28/h2-10,12-14H,1,11,15-16H2,(H,29,33). The molecule has 0 aliphatic heterocycles. The maximum absolute atomic E-state index is 12.9. The van der Waals surface area contributed by atoms with Gasteiger partial charge in [0.25, 0.3) is 5.91 Å². The van der Waals surface area contributed by atoms with Crippen LogP contribution in [0.25, 0.3) is 11.6 Å². The largest absolute Gasteiger partial charge is 0.461 e. The van der Waals surface area contributed by atoms with E-state index in [-0.39, 0.29) is 12.5 Å². The molecule has 0 aliphatic rings. The van der Waals surface area contributed by atoms with Crippen LogP contribution in [0.15, 0.2) is 89.2 Å². The number of rotatable bonds is 9. The lowest BCUT2D eigenvalue weighted by Crippen LogP contribution is -2.23. The number of aromatic nitrogens is 3. The lowest BCUT2D eigenvalue weighted by atomic mass is 10.1. The number of allylic oxidation sites excluding steroid dienone is 1. The average molecular weight is 499 g/mol. The van der Waals surface area contributed by atoms with E-state index in [1.165, 1.54) is 17.8 Å². The normalized spacial score (nSPS) is 11.4. The molecule has 4 aromatic rings. The third-order valence-electron chi connectivity index (χ3n) is 5.03. The SMILES string of the molecule is C=CCn1c(SCc2cccc(C(=O)NCc3cccc(C(F)(F)F)c3)c2)nnc1-c1ccco1. The van der Waals surface area contributed by atoms with Gasteiger partial charge in [-0.05, 0) is 47.5 Å². The molecule has 180 valence electrons. The number of benzene rings is 2. The van der Waals surface area contributed by atoms with Crippen LogP contribution in [-0.4, -0.2) is 20.7 Å². The minimum atomic E-state index is -4.43. The third-order valence-corrected chi connectivity index (χ3v) is 6.07. The second kappa shape index (κ2) is 10.6. The molecule has 6 nitrogen and oxygen atoms in total. The Morgan fingerprint density at radius 2 is 1.89 bits per heavy atom. The number of hydrogen-bond acceptors (Lipinski definition) is 5. The van der Waals surface area contributed by atoms with Crippen molar-refractivity contribution in [1.29, 1.82) is 0 Å². The summed E-state index contributed by atoms with van der Waals surface area (Å²) in [6.07, 6.45) is -1.12. The van der Waals surface area contributed by atoms with E-state index >= 15 is 0 Å². The van der Waals surface area contributed by atoms with Crippen molar-refractivity contribution in [1.82, 2.24) is 20.1 Å². The van der Waals surface area contributed by atoms with Crippen LogP contribution < -0.4 is 5.32 Å². The summed E-state index contributed by atoms with van der Waals surface area (Å²) in [5.74, 6) is 1.36. The highest BCUT2D eigenvalue weighted by Crippen LogP contribution is 2.30. The third kappa shape index (κ3) is 6.02. The van der Waals surface area contributed by atoms with Gasteiger partial charge in [0.2, 0.25) is 5.82 Å². The number of thioether (sulfide) groups is 1. The molecule has 2 aromatic carbocycles. The van der Waals surface area contributed by atoms with Crippen LogP contribution >= 0.6 is 11.8 Å². The van der Waals surface area contributed by atoms with Crippen molar-refractivity contribution in [2.45, 2.75) is 30.2 Å². The first-order valence-electron chi connectivity index (χ1n) is 10.6. The first-order valence-corrected chi connectivity index (χ1v) is 11.6. The van der Waals surface area contributed by atoms with Crippen molar-refractivity contribution in [3.05, 3.63) is 102 Å². The Hall–Kier alpha value is -3.79. The van der Waals surface area contributed by atoms with Gasteiger partial charge in [-0.25, -0.2) is 0 Å². The number of furan rings is 1. The Kier molecular flexibility index (Phi) is 7.40. The number of nitrogens with zero attached hydrogens (tertiary/aromatic N) is 3. The van der Waals surface area contributed by atoms with Crippen molar-refractivity contribution < 1.29 is 22.4 Å². The Morgan fingerprint density at radius 1 is 1.09 bits per heavy atom. The van der Waals surface area contributed by atoms with Crippen molar-refractivity contribution in [2.75, 3.05) is 0 Å². The van der Waals surface area contributed by atoms with E-state index in [0.29, 0.717) is 40.2 Å². The predicted molar refractivity (Wildman–Crippen MR) is 127 cm³/mol. The first kappa shape index (κ1) is 24.3. The van der Waals surface area contributed by atoms with Gasteiger partial charge in [-0.15, -0.1) is 16.8 Å². The fraction of sp³-hybridized carbons (Fsp3) is 0.160. The van der Waals surface area contributed by atoms with Crippen molar-refractivity contribution >= 4 is 17.7 Å². The number of nitrogens with one attached hydrogen (secondary N) is 1. The van der Waals surface area contributed by atoms with E-state index in [1.54, 1.807) is 48.7 Å². The van der Waals surface area contributed by atoms with Gasteiger partial charge in [0, 0.05) is 24.4 Å². The minimum absolute atomic E-state index is 0.0120. The van der Waals surface area contributed by atoms with Crippen LogP contribution in [0.2, 0.25) is 0 Å². The van der Waals surface area contributed by atoms with E-state index in [9.17, 15) is 18.0 Å². The summed E-state index contributed by atoms with van der Waals surface area (Å²) >= 11 is 1.45. The summed E-state index contributed by atoms with van der Waals surface area (Å²) in [4.78, 5) is 12.6. The van der Waals surface area contributed by atoms with Gasteiger partial charge >= 0.3 is 6.18 Å². The highest BCUT2D eigenvalue weighted by atomic mass is 32.2. The summed E-state index contributed by atoms with van der Waals surface area (Å²) in [5.41, 5.74) is 0.921.